The van der Waals surface area contributed by atoms with Crippen LogP contribution >= 0.6 is 0 Å². The molecule has 0 N–H and O–H groups in total. The van der Waals surface area contributed by atoms with Crippen molar-refractivity contribution in [3.05, 3.63) is 0 Å². The lowest BCUT2D eigenvalue weighted by Gasteiger charge is -2.26. The average molecular weight is 395 g/mol. The minimum Gasteiger partial charge on any atom is -0.444 e. The van der Waals surface area contributed by atoms with E-state index in [0.717, 1.165) is 32.0 Å². The minimum atomic E-state index is -0.493. The largest absolute Gasteiger partial charge is 0.444 e. The van der Waals surface area contributed by atoms with Crippen LogP contribution in [0.2, 0.25) is 0 Å². The zero-order valence-corrected chi connectivity index (χ0v) is 18.0. The molecule has 28 heavy (non-hydrogen) atoms. The number of carbonyl (C=O) groups is 3. The predicted octanol–water partition coefficient (Wildman–Crippen LogP) is 3.60. The number of terminal acetylenes is 1. The van der Waals surface area contributed by atoms with Gasteiger partial charge in [0.05, 0.1) is 12.1 Å². The summed E-state index contributed by atoms with van der Waals surface area (Å²) in [5, 5.41) is 0. The number of likely N-dealkylation sites (tertiary alicyclic amines) is 2. The van der Waals surface area contributed by atoms with Gasteiger partial charge in [-0.2, -0.15) is 0 Å². The van der Waals surface area contributed by atoms with Crippen LogP contribution in [-0.2, 0) is 14.3 Å². The van der Waals surface area contributed by atoms with Gasteiger partial charge >= 0.3 is 12.2 Å². The van der Waals surface area contributed by atoms with E-state index < -0.39 is 11.2 Å². The van der Waals surface area contributed by atoms with Gasteiger partial charge in [-0.3, -0.25) is 9.80 Å². The van der Waals surface area contributed by atoms with E-state index in [1.54, 1.807) is 4.90 Å². The standard InChI is InChI=1S/C11H17NO2.C10H17NO3/c1-5-9-7-6-8-12(9)10(13)14-11(2,3)4;1-10(2,3)14-9(13)11-6-4-5-8(11)7-12/h1,9H,6-8H2,2-4H3;7-8H,4-6H2,1-3H3/t9-;8-/m01/s1. The first-order chi connectivity index (χ1) is 12.9. The SMILES string of the molecule is C#C[C@H]1CCCN1C(=O)OC(C)(C)C.CC(C)(C)OC(=O)N1CCC[C@@H]1C=O. The normalized spacial score (nSPS) is 22.0. The molecule has 0 aromatic heterocycles. The van der Waals surface area contributed by atoms with Gasteiger partial charge in [-0.25, -0.2) is 9.59 Å². The van der Waals surface area contributed by atoms with E-state index in [1.807, 2.05) is 41.5 Å². The molecular formula is C21H34N2O5. The molecule has 7 heteroatoms. The minimum absolute atomic E-state index is 0.0788. The van der Waals surface area contributed by atoms with Crippen LogP contribution < -0.4 is 0 Å². The Kier molecular flexibility index (Phi) is 8.34. The summed E-state index contributed by atoms with van der Waals surface area (Å²) in [7, 11) is 0. The molecule has 7 nitrogen and oxygen atoms in total. The highest BCUT2D eigenvalue weighted by molar-refractivity contribution is 5.74. The maximum Gasteiger partial charge on any atom is 0.411 e. The molecule has 2 aliphatic heterocycles. The molecule has 0 aromatic rings. The van der Waals surface area contributed by atoms with Gasteiger partial charge < -0.3 is 14.3 Å². The van der Waals surface area contributed by atoms with Crippen molar-refractivity contribution in [3.8, 4) is 12.3 Å². The number of hydrogen-bond donors (Lipinski definition) is 0. The smallest absolute Gasteiger partial charge is 0.411 e. The van der Waals surface area contributed by atoms with E-state index >= 15 is 0 Å². The van der Waals surface area contributed by atoms with Gasteiger partial charge in [0, 0.05) is 13.1 Å². The molecular weight excluding hydrogens is 360 g/mol. The van der Waals surface area contributed by atoms with Gasteiger partial charge in [-0.15, -0.1) is 6.42 Å². The van der Waals surface area contributed by atoms with Crippen LogP contribution in [0.15, 0.2) is 0 Å². The molecule has 0 bridgehead atoms. The zero-order chi connectivity index (χ0) is 21.5. The van der Waals surface area contributed by atoms with Crippen molar-refractivity contribution in [1.29, 1.82) is 0 Å². The average Bonchev–Trinajstić information content (AvgIpc) is 3.20. The zero-order valence-electron chi connectivity index (χ0n) is 18.0. The van der Waals surface area contributed by atoms with Crippen molar-refractivity contribution in [2.45, 2.75) is 90.5 Å². The summed E-state index contributed by atoms with van der Waals surface area (Å²) < 4.78 is 10.4. The second-order valence-corrected chi connectivity index (χ2v) is 9.02. The Hall–Kier alpha value is -2.23. The Morgan fingerprint density at radius 1 is 0.929 bits per heavy atom. The van der Waals surface area contributed by atoms with Gasteiger partial charge in [0.1, 0.15) is 17.5 Å². The monoisotopic (exact) mass is 394 g/mol. The molecule has 2 saturated heterocycles. The fourth-order valence-electron chi connectivity index (χ4n) is 2.96. The number of ether oxygens (including phenoxy) is 2. The third-order valence-corrected chi connectivity index (χ3v) is 4.16. The summed E-state index contributed by atoms with van der Waals surface area (Å²) in [4.78, 5) is 37.0. The maximum atomic E-state index is 11.6. The first kappa shape index (κ1) is 23.8. The summed E-state index contributed by atoms with van der Waals surface area (Å²) in [5.74, 6) is 2.61. The quantitative estimate of drug-likeness (QED) is 0.502. The molecule has 0 aromatic carbocycles. The summed E-state index contributed by atoms with van der Waals surface area (Å²) >= 11 is 0. The van der Waals surface area contributed by atoms with Gasteiger partial charge in [0.15, 0.2) is 0 Å². The van der Waals surface area contributed by atoms with E-state index in [0.29, 0.717) is 13.1 Å². The highest BCUT2D eigenvalue weighted by atomic mass is 16.6. The van der Waals surface area contributed by atoms with E-state index in [1.165, 1.54) is 4.90 Å². The number of rotatable bonds is 1. The highest BCUT2D eigenvalue weighted by Crippen LogP contribution is 2.20. The second kappa shape index (κ2) is 9.81. The molecule has 0 saturated carbocycles. The molecule has 2 heterocycles. The van der Waals surface area contributed by atoms with Crippen LogP contribution in [0.4, 0.5) is 9.59 Å². The van der Waals surface area contributed by atoms with Crippen molar-refractivity contribution in [1.82, 2.24) is 9.80 Å². The van der Waals surface area contributed by atoms with Gasteiger partial charge in [0.25, 0.3) is 0 Å². The van der Waals surface area contributed by atoms with Crippen molar-refractivity contribution in [2.75, 3.05) is 13.1 Å². The summed E-state index contributed by atoms with van der Waals surface area (Å²) in [6.45, 7) is 12.3. The first-order valence-electron chi connectivity index (χ1n) is 9.78. The Bertz CT molecular complexity index is 597. The van der Waals surface area contributed by atoms with Gasteiger partial charge in [0.2, 0.25) is 0 Å². The Morgan fingerprint density at radius 3 is 1.86 bits per heavy atom. The number of amides is 2. The highest BCUT2D eigenvalue weighted by Gasteiger charge is 2.32. The Morgan fingerprint density at radius 2 is 1.39 bits per heavy atom. The number of aldehydes is 1. The van der Waals surface area contributed by atoms with E-state index in [4.69, 9.17) is 15.9 Å². The van der Waals surface area contributed by atoms with E-state index in [9.17, 15) is 14.4 Å². The van der Waals surface area contributed by atoms with E-state index in [2.05, 4.69) is 5.92 Å². The summed E-state index contributed by atoms with van der Waals surface area (Å²) in [6.07, 6.45) is 8.95. The third kappa shape index (κ3) is 7.79. The van der Waals surface area contributed by atoms with Crippen LogP contribution in [-0.4, -0.2) is 64.6 Å². The van der Waals surface area contributed by atoms with Crippen molar-refractivity contribution >= 4 is 18.5 Å². The molecule has 2 fully saturated rings. The molecule has 0 radical (unpaired) electrons. The molecule has 0 aliphatic carbocycles. The van der Waals surface area contributed by atoms with Crippen LogP contribution in [0.1, 0.15) is 67.2 Å². The van der Waals surface area contributed by atoms with Crippen molar-refractivity contribution < 1.29 is 23.9 Å². The van der Waals surface area contributed by atoms with Crippen LogP contribution in [0, 0.1) is 12.3 Å². The van der Waals surface area contributed by atoms with E-state index in [-0.39, 0.29) is 24.3 Å². The predicted molar refractivity (Wildman–Crippen MR) is 107 cm³/mol. The van der Waals surface area contributed by atoms with Crippen molar-refractivity contribution in [2.24, 2.45) is 0 Å². The molecule has 2 atom stereocenters. The Balaban J connectivity index is 0.000000280. The first-order valence-corrected chi connectivity index (χ1v) is 9.78. The van der Waals surface area contributed by atoms with Gasteiger partial charge in [-0.05, 0) is 67.2 Å². The molecule has 2 rings (SSSR count). The number of carbonyl (C=O) groups excluding carboxylic acids is 3. The molecule has 0 unspecified atom stereocenters. The topological polar surface area (TPSA) is 76.2 Å². The van der Waals surface area contributed by atoms with Gasteiger partial charge in [-0.1, -0.05) is 5.92 Å². The van der Waals surface area contributed by atoms with Crippen LogP contribution in [0.5, 0.6) is 0 Å². The molecule has 2 aliphatic rings. The summed E-state index contributed by atoms with van der Waals surface area (Å²) in [6, 6.07) is -0.366. The number of nitrogens with zero attached hydrogens (tertiary/aromatic N) is 2. The summed E-state index contributed by atoms with van der Waals surface area (Å²) in [5.41, 5.74) is -0.939. The Labute approximate surface area is 168 Å². The fourth-order valence-corrected chi connectivity index (χ4v) is 2.96. The maximum absolute atomic E-state index is 11.6. The van der Waals surface area contributed by atoms with Crippen LogP contribution in [0.25, 0.3) is 0 Å². The van der Waals surface area contributed by atoms with Crippen LogP contribution in [0.3, 0.4) is 0 Å². The number of hydrogen-bond acceptors (Lipinski definition) is 5. The molecule has 158 valence electrons. The molecule has 2 amide bonds. The molecule has 0 spiro atoms. The van der Waals surface area contributed by atoms with Crippen molar-refractivity contribution in [3.63, 3.8) is 0 Å². The lowest BCUT2D eigenvalue weighted by atomic mass is 10.2. The fraction of sp³-hybridized carbons (Fsp3) is 0.762. The lowest BCUT2D eigenvalue weighted by molar-refractivity contribution is -0.111. The third-order valence-electron chi connectivity index (χ3n) is 4.16. The lowest BCUT2D eigenvalue weighted by Crippen LogP contribution is -2.40. The second-order valence-electron chi connectivity index (χ2n) is 9.02.